The van der Waals surface area contributed by atoms with E-state index in [-0.39, 0.29) is 6.10 Å². The molecule has 1 aliphatic carbocycles. The molecule has 0 bridgehead atoms. The standard InChI is InChI=1S/C10H21O3P/c1-7(2)9-5-4-8(3)6-10(9)13-14(11)12/h7-12H,4-6H2,1-3H3/t8-,9+,10-/m1/s1. The lowest BCUT2D eigenvalue weighted by Gasteiger charge is -2.36. The van der Waals surface area contributed by atoms with Crippen molar-refractivity contribution < 1.29 is 14.3 Å². The Morgan fingerprint density at radius 2 is 1.93 bits per heavy atom. The molecule has 3 nitrogen and oxygen atoms in total. The molecule has 3 atom stereocenters. The van der Waals surface area contributed by atoms with E-state index < -0.39 is 8.60 Å². The molecular formula is C10H21O3P. The molecule has 1 aliphatic rings. The first-order valence-corrected chi connectivity index (χ1v) is 6.52. The van der Waals surface area contributed by atoms with E-state index >= 15 is 0 Å². The molecule has 0 saturated heterocycles. The monoisotopic (exact) mass is 220 g/mol. The van der Waals surface area contributed by atoms with Crippen molar-refractivity contribution in [3.05, 3.63) is 0 Å². The second kappa shape index (κ2) is 5.41. The molecule has 2 N–H and O–H groups in total. The fourth-order valence-corrected chi connectivity index (χ4v) is 2.84. The highest BCUT2D eigenvalue weighted by atomic mass is 31.2. The van der Waals surface area contributed by atoms with Crippen LogP contribution < -0.4 is 0 Å². The van der Waals surface area contributed by atoms with Crippen molar-refractivity contribution in [2.45, 2.75) is 46.1 Å². The average Bonchev–Trinajstić information content (AvgIpc) is 2.01. The van der Waals surface area contributed by atoms with E-state index in [4.69, 9.17) is 14.3 Å². The lowest BCUT2D eigenvalue weighted by Crippen LogP contribution is -2.33. The van der Waals surface area contributed by atoms with Crippen LogP contribution in [0.15, 0.2) is 0 Å². The molecule has 0 heterocycles. The lowest BCUT2D eigenvalue weighted by molar-refractivity contribution is 0.0369. The zero-order valence-corrected chi connectivity index (χ0v) is 10.1. The minimum atomic E-state index is -2.19. The van der Waals surface area contributed by atoms with Crippen LogP contribution in [0.25, 0.3) is 0 Å². The smallest absolute Gasteiger partial charge is 0.327 e. The van der Waals surface area contributed by atoms with Crippen LogP contribution in [0.5, 0.6) is 0 Å². The minimum absolute atomic E-state index is 0.0415. The highest BCUT2D eigenvalue weighted by Gasteiger charge is 2.32. The molecule has 1 fully saturated rings. The third-order valence-corrected chi connectivity index (χ3v) is 3.65. The van der Waals surface area contributed by atoms with Crippen LogP contribution >= 0.6 is 8.60 Å². The summed E-state index contributed by atoms with van der Waals surface area (Å²) in [4.78, 5) is 17.8. The molecule has 0 aromatic carbocycles. The van der Waals surface area contributed by atoms with Gasteiger partial charge in [0.05, 0.1) is 6.10 Å². The summed E-state index contributed by atoms with van der Waals surface area (Å²) in [5, 5.41) is 0. The summed E-state index contributed by atoms with van der Waals surface area (Å²) in [6.07, 6.45) is 3.38. The molecule has 0 amide bonds. The average molecular weight is 220 g/mol. The maximum Gasteiger partial charge on any atom is 0.327 e. The van der Waals surface area contributed by atoms with Gasteiger partial charge in [0, 0.05) is 0 Å². The van der Waals surface area contributed by atoms with Crippen molar-refractivity contribution in [3.8, 4) is 0 Å². The number of hydrogen-bond acceptors (Lipinski definition) is 3. The molecule has 0 radical (unpaired) electrons. The van der Waals surface area contributed by atoms with Crippen LogP contribution in [-0.2, 0) is 4.52 Å². The third-order valence-electron chi connectivity index (χ3n) is 3.19. The van der Waals surface area contributed by atoms with E-state index in [2.05, 4.69) is 20.8 Å². The third kappa shape index (κ3) is 3.47. The first-order valence-electron chi connectivity index (χ1n) is 5.35. The maximum atomic E-state index is 8.89. The highest BCUT2D eigenvalue weighted by Crippen LogP contribution is 2.40. The van der Waals surface area contributed by atoms with Gasteiger partial charge >= 0.3 is 8.60 Å². The predicted molar refractivity (Wildman–Crippen MR) is 57.6 cm³/mol. The number of hydrogen-bond donors (Lipinski definition) is 2. The van der Waals surface area contributed by atoms with E-state index in [0.717, 1.165) is 12.8 Å². The summed E-state index contributed by atoms with van der Waals surface area (Å²) in [6, 6.07) is 0. The van der Waals surface area contributed by atoms with Gasteiger partial charge in [-0.15, -0.1) is 0 Å². The topological polar surface area (TPSA) is 49.7 Å². The minimum Gasteiger partial charge on any atom is -0.328 e. The lowest BCUT2D eigenvalue weighted by atomic mass is 9.75. The van der Waals surface area contributed by atoms with Gasteiger partial charge in [0.1, 0.15) is 0 Å². The molecule has 4 heteroatoms. The van der Waals surface area contributed by atoms with Gasteiger partial charge in [-0.2, -0.15) is 0 Å². The van der Waals surface area contributed by atoms with Gasteiger partial charge in [-0.1, -0.05) is 27.2 Å². The predicted octanol–water partition coefficient (Wildman–Crippen LogP) is 2.68. The van der Waals surface area contributed by atoms with Crippen LogP contribution in [0.1, 0.15) is 40.0 Å². The van der Waals surface area contributed by atoms with Gasteiger partial charge in [0.15, 0.2) is 0 Å². The fourth-order valence-electron chi connectivity index (χ4n) is 2.36. The van der Waals surface area contributed by atoms with E-state index in [1.807, 2.05) is 0 Å². The Labute approximate surface area is 87.5 Å². The van der Waals surface area contributed by atoms with Crippen molar-refractivity contribution in [3.63, 3.8) is 0 Å². The molecule has 0 aliphatic heterocycles. The first-order chi connectivity index (χ1) is 6.50. The van der Waals surface area contributed by atoms with Crippen LogP contribution in [0.3, 0.4) is 0 Å². The van der Waals surface area contributed by atoms with Gasteiger partial charge in [0.2, 0.25) is 0 Å². The van der Waals surface area contributed by atoms with Crippen LogP contribution in [0.4, 0.5) is 0 Å². The highest BCUT2D eigenvalue weighted by molar-refractivity contribution is 7.39. The largest absolute Gasteiger partial charge is 0.328 e. The fraction of sp³-hybridized carbons (Fsp3) is 1.00. The van der Waals surface area contributed by atoms with Gasteiger partial charge < -0.3 is 14.3 Å². The van der Waals surface area contributed by atoms with Crippen molar-refractivity contribution in [2.75, 3.05) is 0 Å². The Bertz CT molecular complexity index is 171. The molecular weight excluding hydrogens is 199 g/mol. The molecule has 0 spiro atoms. The number of rotatable bonds is 3. The summed E-state index contributed by atoms with van der Waals surface area (Å²) < 4.78 is 5.21. The Kier molecular flexibility index (Phi) is 4.78. The quantitative estimate of drug-likeness (QED) is 0.719. The second-order valence-corrected chi connectivity index (χ2v) is 5.44. The normalized spacial score (nSPS) is 34.1. The van der Waals surface area contributed by atoms with Crippen molar-refractivity contribution in [1.82, 2.24) is 0 Å². The molecule has 84 valence electrons. The Balaban J connectivity index is 2.54. The van der Waals surface area contributed by atoms with E-state index in [1.54, 1.807) is 0 Å². The molecule has 0 unspecified atom stereocenters. The second-order valence-electron chi connectivity index (χ2n) is 4.72. The SMILES string of the molecule is CC(C)[C@@H]1CC[C@@H](C)C[C@H]1OP(O)O. The summed E-state index contributed by atoms with van der Waals surface area (Å²) >= 11 is 0. The van der Waals surface area contributed by atoms with Crippen molar-refractivity contribution in [2.24, 2.45) is 17.8 Å². The summed E-state index contributed by atoms with van der Waals surface area (Å²) in [5.74, 6) is 1.68. The zero-order chi connectivity index (χ0) is 10.7. The summed E-state index contributed by atoms with van der Waals surface area (Å²) in [5.41, 5.74) is 0. The molecule has 0 aromatic rings. The van der Waals surface area contributed by atoms with Crippen molar-refractivity contribution >= 4 is 8.60 Å². The zero-order valence-electron chi connectivity index (χ0n) is 9.18. The van der Waals surface area contributed by atoms with Crippen LogP contribution in [0.2, 0.25) is 0 Å². The molecule has 14 heavy (non-hydrogen) atoms. The summed E-state index contributed by atoms with van der Waals surface area (Å²) in [7, 11) is -2.19. The Morgan fingerprint density at radius 3 is 2.43 bits per heavy atom. The van der Waals surface area contributed by atoms with E-state index in [1.165, 1.54) is 6.42 Å². The van der Waals surface area contributed by atoms with E-state index in [0.29, 0.717) is 17.8 Å². The molecule has 0 aromatic heterocycles. The molecule has 1 saturated carbocycles. The summed E-state index contributed by atoms with van der Waals surface area (Å²) in [6.45, 7) is 6.55. The maximum absolute atomic E-state index is 8.89. The van der Waals surface area contributed by atoms with Gasteiger partial charge in [-0.3, -0.25) is 0 Å². The van der Waals surface area contributed by atoms with Crippen LogP contribution in [0, 0.1) is 17.8 Å². The Morgan fingerprint density at radius 1 is 1.29 bits per heavy atom. The van der Waals surface area contributed by atoms with Gasteiger partial charge in [-0.05, 0) is 30.6 Å². The van der Waals surface area contributed by atoms with E-state index in [9.17, 15) is 0 Å². The first kappa shape index (κ1) is 12.4. The molecule has 1 rings (SSSR count). The Hall–Kier alpha value is 0.310. The van der Waals surface area contributed by atoms with Gasteiger partial charge in [0.25, 0.3) is 0 Å². The van der Waals surface area contributed by atoms with Crippen LogP contribution in [-0.4, -0.2) is 15.9 Å². The van der Waals surface area contributed by atoms with Gasteiger partial charge in [-0.25, -0.2) is 0 Å². The van der Waals surface area contributed by atoms with Crippen molar-refractivity contribution in [1.29, 1.82) is 0 Å².